The van der Waals surface area contributed by atoms with Crippen molar-refractivity contribution >= 4 is 0 Å². The molecule has 0 saturated heterocycles. The van der Waals surface area contributed by atoms with Gasteiger partial charge in [0.15, 0.2) is 0 Å². The normalized spacial score (nSPS) is 11.1. The van der Waals surface area contributed by atoms with Gasteiger partial charge in [-0.2, -0.15) is 0 Å². The first-order chi connectivity index (χ1) is 4.22. The van der Waals surface area contributed by atoms with E-state index in [1.807, 2.05) is 6.92 Å². The monoisotopic (exact) mass is 127 g/mol. The Morgan fingerprint density at radius 2 is 2.33 bits per heavy atom. The molecule has 0 fully saturated rings. The third kappa shape index (κ3) is 2.80. The van der Waals surface area contributed by atoms with Crippen molar-refractivity contribution in [3.63, 3.8) is 0 Å². The van der Waals surface area contributed by atoms with Crippen LogP contribution in [0.4, 0.5) is 0 Å². The zero-order chi connectivity index (χ0) is 7.28. The molecular weight excluding hydrogens is 114 g/mol. The Morgan fingerprint density at radius 3 is 2.67 bits per heavy atom. The van der Waals surface area contributed by atoms with E-state index in [1.165, 1.54) is 6.20 Å². The van der Waals surface area contributed by atoms with Gasteiger partial charge in [-0.25, -0.2) is 0 Å². The first-order valence-corrected chi connectivity index (χ1v) is 2.97. The molecule has 0 spiro atoms. The molecule has 0 radical (unpaired) electrons. The van der Waals surface area contributed by atoms with Crippen LogP contribution in [0, 0.1) is 0 Å². The number of rotatable bonds is 3. The van der Waals surface area contributed by atoms with Crippen LogP contribution in [0.5, 0.6) is 0 Å². The number of aliphatic hydroxyl groups is 1. The third-order valence-electron chi connectivity index (χ3n) is 1.07. The summed E-state index contributed by atoms with van der Waals surface area (Å²) in [5, 5.41) is 11.7. The van der Waals surface area contributed by atoms with E-state index in [-0.39, 0.29) is 5.76 Å². The van der Waals surface area contributed by atoms with E-state index in [9.17, 15) is 0 Å². The van der Waals surface area contributed by atoms with E-state index in [2.05, 4.69) is 11.9 Å². The van der Waals surface area contributed by atoms with E-state index in [1.54, 1.807) is 7.05 Å². The molecule has 0 unspecified atom stereocenters. The Bertz CT molecular complexity index is 127. The number of hydrogen-bond acceptors (Lipinski definition) is 2. The predicted molar refractivity (Wildman–Crippen MR) is 39.2 cm³/mol. The van der Waals surface area contributed by atoms with Crippen molar-refractivity contribution in [3.8, 4) is 0 Å². The number of allylic oxidation sites excluding steroid dienone is 1. The zero-order valence-corrected chi connectivity index (χ0v) is 5.94. The van der Waals surface area contributed by atoms with Crippen LogP contribution in [-0.2, 0) is 0 Å². The summed E-state index contributed by atoms with van der Waals surface area (Å²) in [5.41, 5.74) is 0.754. The molecule has 0 saturated carbocycles. The smallest absolute Gasteiger partial charge is 0.133 e. The Hall–Kier alpha value is -0.920. The van der Waals surface area contributed by atoms with Crippen LogP contribution >= 0.6 is 0 Å². The van der Waals surface area contributed by atoms with Crippen molar-refractivity contribution in [2.24, 2.45) is 0 Å². The summed E-state index contributed by atoms with van der Waals surface area (Å²) in [4.78, 5) is 0. The highest BCUT2D eigenvalue weighted by molar-refractivity contribution is 5.19. The van der Waals surface area contributed by atoms with E-state index in [4.69, 9.17) is 5.11 Å². The zero-order valence-electron chi connectivity index (χ0n) is 5.94. The summed E-state index contributed by atoms with van der Waals surface area (Å²) in [6.07, 6.45) is 2.30. The average molecular weight is 127 g/mol. The van der Waals surface area contributed by atoms with Crippen LogP contribution in [0.2, 0.25) is 0 Å². The van der Waals surface area contributed by atoms with Gasteiger partial charge < -0.3 is 10.4 Å². The fraction of sp³-hybridized carbons (Fsp3) is 0.429. The second-order valence-electron chi connectivity index (χ2n) is 1.78. The van der Waals surface area contributed by atoms with Crippen molar-refractivity contribution in [2.75, 3.05) is 7.05 Å². The van der Waals surface area contributed by atoms with E-state index >= 15 is 0 Å². The van der Waals surface area contributed by atoms with Gasteiger partial charge in [-0.05, 0) is 12.0 Å². The molecule has 0 aliphatic carbocycles. The van der Waals surface area contributed by atoms with E-state index in [0.29, 0.717) is 0 Å². The average Bonchev–Trinajstić information content (AvgIpc) is 1.87. The van der Waals surface area contributed by atoms with Crippen LogP contribution in [0.25, 0.3) is 0 Å². The summed E-state index contributed by atoms with van der Waals surface area (Å²) < 4.78 is 0. The summed E-state index contributed by atoms with van der Waals surface area (Å²) in [5.74, 6) is 0.236. The van der Waals surface area contributed by atoms with Gasteiger partial charge in [-0.15, -0.1) is 0 Å². The molecule has 0 aliphatic rings. The highest BCUT2D eigenvalue weighted by Gasteiger charge is 1.93. The SMILES string of the molecule is C=C(CC)/C(O)=C\NC. The Morgan fingerprint density at radius 1 is 1.78 bits per heavy atom. The highest BCUT2D eigenvalue weighted by Crippen LogP contribution is 2.05. The lowest BCUT2D eigenvalue weighted by Crippen LogP contribution is -1.97. The molecule has 0 amide bonds. The first kappa shape index (κ1) is 8.08. The molecule has 0 atom stereocenters. The Kier molecular flexibility index (Phi) is 3.60. The number of aliphatic hydroxyl groups excluding tert-OH is 1. The quantitative estimate of drug-likeness (QED) is 0.445. The lowest BCUT2D eigenvalue weighted by atomic mass is 10.2. The number of hydrogen-bond donors (Lipinski definition) is 2. The van der Waals surface area contributed by atoms with Gasteiger partial charge in [-0.1, -0.05) is 13.5 Å². The Balaban J connectivity index is 3.86. The Labute approximate surface area is 55.9 Å². The third-order valence-corrected chi connectivity index (χ3v) is 1.07. The van der Waals surface area contributed by atoms with Crippen molar-refractivity contribution in [1.82, 2.24) is 5.32 Å². The molecule has 9 heavy (non-hydrogen) atoms. The highest BCUT2D eigenvalue weighted by atomic mass is 16.3. The minimum absolute atomic E-state index is 0.236. The molecule has 0 aliphatic heterocycles. The van der Waals surface area contributed by atoms with E-state index < -0.39 is 0 Å². The second kappa shape index (κ2) is 4.01. The molecule has 0 aromatic heterocycles. The molecule has 0 aromatic rings. The maximum atomic E-state index is 9.02. The second-order valence-corrected chi connectivity index (χ2v) is 1.78. The lowest BCUT2D eigenvalue weighted by molar-refractivity contribution is 0.416. The molecule has 0 bridgehead atoms. The topological polar surface area (TPSA) is 32.3 Å². The van der Waals surface area contributed by atoms with Crippen molar-refractivity contribution < 1.29 is 5.11 Å². The minimum Gasteiger partial charge on any atom is -0.506 e. The number of nitrogens with one attached hydrogen (secondary N) is 1. The summed E-state index contributed by atoms with van der Waals surface area (Å²) in [6, 6.07) is 0. The molecule has 2 nitrogen and oxygen atoms in total. The van der Waals surface area contributed by atoms with Crippen molar-refractivity contribution in [1.29, 1.82) is 0 Å². The summed E-state index contributed by atoms with van der Waals surface area (Å²) >= 11 is 0. The minimum atomic E-state index is 0.236. The van der Waals surface area contributed by atoms with Gasteiger partial charge in [-0.3, -0.25) is 0 Å². The predicted octanol–water partition coefficient (Wildman–Crippen LogP) is 1.57. The summed E-state index contributed by atoms with van der Waals surface area (Å²) in [7, 11) is 1.74. The van der Waals surface area contributed by atoms with E-state index in [0.717, 1.165) is 12.0 Å². The molecule has 0 aromatic carbocycles. The fourth-order valence-corrected chi connectivity index (χ4v) is 0.420. The largest absolute Gasteiger partial charge is 0.506 e. The first-order valence-electron chi connectivity index (χ1n) is 2.97. The van der Waals surface area contributed by atoms with Crippen LogP contribution in [-0.4, -0.2) is 12.2 Å². The lowest BCUT2D eigenvalue weighted by Gasteiger charge is -1.98. The van der Waals surface area contributed by atoms with Gasteiger partial charge in [0.1, 0.15) is 5.76 Å². The molecule has 52 valence electrons. The van der Waals surface area contributed by atoms with Gasteiger partial charge >= 0.3 is 0 Å². The molecule has 0 heterocycles. The van der Waals surface area contributed by atoms with Crippen LogP contribution < -0.4 is 5.32 Å². The molecule has 0 rings (SSSR count). The van der Waals surface area contributed by atoms with Gasteiger partial charge in [0, 0.05) is 13.2 Å². The van der Waals surface area contributed by atoms with Gasteiger partial charge in [0.2, 0.25) is 0 Å². The van der Waals surface area contributed by atoms with Crippen molar-refractivity contribution in [3.05, 3.63) is 24.1 Å². The van der Waals surface area contributed by atoms with Crippen LogP contribution in [0.15, 0.2) is 24.1 Å². The molecule has 2 N–H and O–H groups in total. The van der Waals surface area contributed by atoms with Crippen LogP contribution in [0.1, 0.15) is 13.3 Å². The van der Waals surface area contributed by atoms with Gasteiger partial charge in [0.25, 0.3) is 0 Å². The maximum absolute atomic E-state index is 9.02. The maximum Gasteiger partial charge on any atom is 0.133 e. The van der Waals surface area contributed by atoms with Gasteiger partial charge in [0.05, 0.1) is 0 Å². The van der Waals surface area contributed by atoms with Crippen molar-refractivity contribution in [2.45, 2.75) is 13.3 Å². The van der Waals surface area contributed by atoms with Crippen LogP contribution in [0.3, 0.4) is 0 Å². The molecule has 2 heteroatoms. The summed E-state index contributed by atoms with van der Waals surface area (Å²) in [6.45, 7) is 5.58. The molecular formula is C7H13NO. The standard InChI is InChI=1S/C7H13NO/c1-4-6(2)7(9)5-8-3/h5,8-9H,2,4H2,1,3H3/b7-5+. The fourth-order valence-electron chi connectivity index (χ4n) is 0.420.